The highest BCUT2D eigenvalue weighted by atomic mass is 32.2. The van der Waals surface area contributed by atoms with Gasteiger partial charge < -0.3 is 9.72 Å². The first kappa shape index (κ1) is 20.9. The molecule has 31 heavy (non-hydrogen) atoms. The molecule has 0 radical (unpaired) electrons. The van der Waals surface area contributed by atoms with Gasteiger partial charge in [-0.05, 0) is 18.9 Å². The van der Waals surface area contributed by atoms with Crippen LogP contribution in [0.3, 0.4) is 0 Å². The number of sulfonamides is 1. The van der Waals surface area contributed by atoms with Gasteiger partial charge in [0, 0.05) is 31.2 Å². The Kier molecular flexibility index (Phi) is 5.44. The first-order valence-electron chi connectivity index (χ1n) is 9.36. The third kappa shape index (κ3) is 3.76. The van der Waals surface area contributed by atoms with E-state index in [1.54, 1.807) is 6.21 Å². The number of methoxy groups -OCH3 is 1. The van der Waals surface area contributed by atoms with Crippen molar-refractivity contribution in [2.24, 2.45) is 4.99 Å². The molecule has 0 amide bonds. The van der Waals surface area contributed by atoms with Crippen molar-refractivity contribution >= 4 is 33.1 Å². The van der Waals surface area contributed by atoms with Crippen LogP contribution in [0.2, 0.25) is 0 Å². The van der Waals surface area contributed by atoms with Crippen LogP contribution in [0.4, 0.5) is 8.78 Å². The summed E-state index contributed by atoms with van der Waals surface area (Å²) in [6.45, 7) is 0. The topological polar surface area (TPSA) is 114 Å². The van der Waals surface area contributed by atoms with Gasteiger partial charge in [-0.3, -0.25) is 14.5 Å². The summed E-state index contributed by atoms with van der Waals surface area (Å²) in [6.07, 6.45) is 4.91. The van der Waals surface area contributed by atoms with Crippen molar-refractivity contribution < 1.29 is 26.7 Å². The molecule has 2 N–H and O–H groups in total. The lowest BCUT2D eigenvalue weighted by atomic mass is 9.92. The van der Waals surface area contributed by atoms with Crippen LogP contribution >= 0.6 is 0 Å². The highest BCUT2D eigenvalue weighted by Gasteiger charge is 2.34. The number of hydrogen-bond acceptors (Lipinski definition) is 6. The van der Waals surface area contributed by atoms with Crippen molar-refractivity contribution in [1.29, 1.82) is 0 Å². The molecule has 2 aliphatic rings. The zero-order chi connectivity index (χ0) is 22.2. The molecule has 2 aromatic rings. The number of nitrogens with zero attached hydrogens (tertiary/aromatic N) is 2. The van der Waals surface area contributed by atoms with Gasteiger partial charge in [-0.1, -0.05) is 6.08 Å². The fraction of sp³-hybridized carbons (Fsp3) is 0.250. The van der Waals surface area contributed by atoms with Crippen molar-refractivity contribution in [3.05, 3.63) is 58.3 Å². The zero-order valence-corrected chi connectivity index (χ0v) is 17.2. The van der Waals surface area contributed by atoms with Gasteiger partial charge in [0.05, 0.1) is 34.2 Å². The lowest BCUT2D eigenvalue weighted by molar-refractivity contribution is 0.101. The minimum atomic E-state index is -4.10. The van der Waals surface area contributed by atoms with E-state index < -0.39 is 39.1 Å². The molecule has 2 aromatic heterocycles. The SMILES string of the molecule is COc1ccnc2[nH]cc(C(=O)C3=C(F)C(NS(=O)(=O)C4=CN=CCC4)=CCC3F)c12. The van der Waals surface area contributed by atoms with Gasteiger partial charge in [-0.25, -0.2) is 22.2 Å². The summed E-state index contributed by atoms with van der Waals surface area (Å²) in [4.78, 5) is 23.7. The second-order valence-electron chi connectivity index (χ2n) is 6.89. The van der Waals surface area contributed by atoms with E-state index in [4.69, 9.17) is 4.74 Å². The summed E-state index contributed by atoms with van der Waals surface area (Å²) in [7, 11) is -2.70. The highest BCUT2D eigenvalue weighted by molar-refractivity contribution is 7.93. The number of allylic oxidation sites excluding steroid dienone is 4. The Morgan fingerprint density at radius 1 is 1.39 bits per heavy atom. The lowest BCUT2D eigenvalue weighted by Gasteiger charge is -2.21. The van der Waals surface area contributed by atoms with Gasteiger partial charge in [-0.15, -0.1) is 0 Å². The smallest absolute Gasteiger partial charge is 0.259 e. The van der Waals surface area contributed by atoms with E-state index in [0.29, 0.717) is 17.8 Å². The molecule has 0 spiro atoms. The average Bonchev–Trinajstić information content (AvgIpc) is 3.21. The van der Waals surface area contributed by atoms with Gasteiger partial charge in [0.1, 0.15) is 17.6 Å². The monoisotopic (exact) mass is 448 g/mol. The quantitative estimate of drug-likeness (QED) is 0.659. The number of ether oxygens (including phenoxy) is 1. The number of rotatable bonds is 6. The number of carbonyl (C=O) groups is 1. The van der Waals surface area contributed by atoms with Crippen molar-refractivity contribution in [1.82, 2.24) is 14.7 Å². The lowest BCUT2D eigenvalue weighted by Crippen LogP contribution is -2.29. The number of pyridine rings is 1. The van der Waals surface area contributed by atoms with E-state index in [2.05, 4.69) is 19.7 Å². The Balaban J connectivity index is 1.72. The third-order valence-corrected chi connectivity index (χ3v) is 6.48. The maximum absolute atomic E-state index is 15.2. The van der Waals surface area contributed by atoms with Crippen LogP contribution in [0.5, 0.6) is 5.75 Å². The molecule has 1 atom stereocenters. The van der Waals surface area contributed by atoms with Gasteiger partial charge in [0.2, 0.25) is 0 Å². The summed E-state index contributed by atoms with van der Waals surface area (Å²) in [5.41, 5.74) is -0.947. The van der Waals surface area contributed by atoms with E-state index in [1.165, 1.54) is 31.8 Å². The fourth-order valence-electron chi connectivity index (χ4n) is 3.46. The summed E-state index contributed by atoms with van der Waals surface area (Å²) in [6, 6.07) is 1.52. The average molecular weight is 448 g/mol. The Hall–Kier alpha value is -3.34. The molecule has 1 unspecified atom stereocenters. The van der Waals surface area contributed by atoms with Gasteiger partial charge in [0.15, 0.2) is 11.6 Å². The largest absolute Gasteiger partial charge is 0.496 e. The van der Waals surface area contributed by atoms with Crippen molar-refractivity contribution in [2.75, 3.05) is 7.11 Å². The van der Waals surface area contributed by atoms with Crippen molar-refractivity contribution in [3.8, 4) is 5.75 Å². The van der Waals surface area contributed by atoms with E-state index in [-0.39, 0.29) is 28.7 Å². The van der Waals surface area contributed by atoms with Crippen molar-refractivity contribution in [3.63, 3.8) is 0 Å². The number of ketones is 1. The fourth-order valence-corrected chi connectivity index (χ4v) is 4.64. The highest BCUT2D eigenvalue weighted by Crippen LogP contribution is 2.35. The van der Waals surface area contributed by atoms with Crippen LogP contribution < -0.4 is 9.46 Å². The van der Waals surface area contributed by atoms with Crippen LogP contribution in [-0.4, -0.2) is 43.7 Å². The molecular formula is C20H18F2N4O4S. The molecule has 1 aliphatic heterocycles. The van der Waals surface area contributed by atoms with E-state index in [9.17, 15) is 17.6 Å². The molecule has 162 valence electrons. The number of carbonyl (C=O) groups excluding carboxylic acids is 1. The Morgan fingerprint density at radius 2 is 2.19 bits per heavy atom. The molecule has 11 heteroatoms. The maximum atomic E-state index is 15.2. The number of nitrogens with one attached hydrogen (secondary N) is 2. The minimum absolute atomic E-state index is 0.0219. The molecular weight excluding hydrogens is 430 g/mol. The summed E-state index contributed by atoms with van der Waals surface area (Å²) < 4.78 is 62.3. The van der Waals surface area contributed by atoms with E-state index in [1.807, 2.05) is 0 Å². The van der Waals surface area contributed by atoms with Gasteiger partial charge >= 0.3 is 0 Å². The Morgan fingerprint density at radius 3 is 2.90 bits per heavy atom. The molecule has 0 saturated heterocycles. The number of H-pyrrole nitrogens is 1. The van der Waals surface area contributed by atoms with Gasteiger partial charge in [0.25, 0.3) is 10.0 Å². The molecule has 4 rings (SSSR count). The molecule has 0 saturated carbocycles. The van der Waals surface area contributed by atoms with Crippen LogP contribution in [0, 0.1) is 0 Å². The number of Topliss-reactive ketones (excluding diaryl/α,β-unsaturated/α-hetero) is 1. The van der Waals surface area contributed by atoms with Gasteiger partial charge in [-0.2, -0.15) is 0 Å². The van der Waals surface area contributed by atoms with E-state index in [0.717, 1.165) is 6.08 Å². The zero-order valence-electron chi connectivity index (χ0n) is 16.4. The Labute approximate surface area is 176 Å². The molecule has 0 aromatic carbocycles. The summed E-state index contributed by atoms with van der Waals surface area (Å²) in [5, 5.41) is 0.282. The van der Waals surface area contributed by atoms with Crippen LogP contribution in [0.15, 0.2) is 57.7 Å². The number of aromatic nitrogens is 2. The predicted octanol–water partition coefficient (Wildman–Crippen LogP) is 3.23. The molecule has 3 heterocycles. The van der Waals surface area contributed by atoms with Crippen LogP contribution in [0.1, 0.15) is 29.6 Å². The normalized spacial score (nSPS) is 19.3. The molecule has 0 fully saturated rings. The van der Waals surface area contributed by atoms with Crippen LogP contribution in [-0.2, 0) is 10.0 Å². The standard InChI is InChI=1S/C20H18F2N4O4S/c1-30-15-6-8-24-20-16(15)12(10-25-20)19(27)17-13(21)4-5-14(18(17)22)26-31(28,29)11-3-2-7-23-9-11/h5-10,13,26H,2-4H2,1H3,(H,24,25). The third-order valence-electron chi connectivity index (χ3n) is 4.99. The van der Waals surface area contributed by atoms with Crippen LogP contribution in [0.25, 0.3) is 11.0 Å². The Bertz CT molecular complexity index is 1290. The second-order valence-corrected chi connectivity index (χ2v) is 8.62. The maximum Gasteiger partial charge on any atom is 0.259 e. The van der Waals surface area contributed by atoms with Crippen molar-refractivity contribution in [2.45, 2.75) is 25.4 Å². The predicted molar refractivity (Wildman–Crippen MR) is 111 cm³/mol. The number of aromatic amines is 1. The number of hydrogen-bond donors (Lipinski definition) is 2. The second kappa shape index (κ2) is 8.06. The first-order chi connectivity index (χ1) is 14.8. The molecule has 1 aliphatic carbocycles. The molecule has 0 bridgehead atoms. The first-order valence-corrected chi connectivity index (χ1v) is 10.8. The number of halogens is 2. The number of alkyl halides is 1. The minimum Gasteiger partial charge on any atom is -0.496 e. The van der Waals surface area contributed by atoms with E-state index >= 15 is 4.39 Å². The molecule has 8 nitrogen and oxygen atoms in total. The number of aliphatic imine (C=N–C) groups is 1. The summed E-state index contributed by atoms with van der Waals surface area (Å²) >= 11 is 0. The summed E-state index contributed by atoms with van der Waals surface area (Å²) in [5.74, 6) is -1.87. The number of fused-ring (bicyclic) bond motifs is 1.